The van der Waals surface area contributed by atoms with Crippen molar-refractivity contribution in [3.63, 3.8) is 0 Å². The Morgan fingerprint density at radius 1 is 1.06 bits per heavy atom. The van der Waals surface area contributed by atoms with Crippen LogP contribution in [0.4, 0.5) is 0 Å². The van der Waals surface area contributed by atoms with Gasteiger partial charge in [0.2, 0.25) is 15.9 Å². The summed E-state index contributed by atoms with van der Waals surface area (Å²) in [5, 5.41) is 1.23. The van der Waals surface area contributed by atoms with E-state index in [0.29, 0.717) is 19.0 Å². The van der Waals surface area contributed by atoms with Gasteiger partial charge in [-0.05, 0) is 54.1 Å². The van der Waals surface area contributed by atoms with E-state index < -0.39 is 10.0 Å². The fraction of sp³-hybridized carbons (Fsp3) is 0.346. The largest absolute Gasteiger partial charge is 0.358 e. The van der Waals surface area contributed by atoms with E-state index in [9.17, 15) is 13.2 Å². The van der Waals surface area contributed by atoms with Crippen molar-refractivity contribution in [3.05, 3.63) is 71.9 Å². The number of para-hydroxylation sites is 1. The highest BCUT2D eigenvalue weighted by molar-refractivity contribution is 7.89. The van der Waals surface area contributed by atoms with E-state index in [1.165, 1.54) is 15.4 Å². The maximum absolute atomic E-state index is 12.7. The van der Waals surface area contributed by atoms with Gasteiger partial charge in [0, 0.05) is 49.4 Å². The average Bonchev–Trinajstić information content (AvgIpc) is 3.28. The van der Waals surface area contributed by atoms with Crippen molar-refractivity contribution in [2.45, 2.75) is 37.5 Å². The summed E-state index contributed by atoms with van der Waals surface area (Å²) in [6, 6.07) is 17.2. The number of likely N-dealkylation sites (tertiary alicyclic amines) is 1. The number of benzene rings is 2. The molecule has 1 N–H and O–H groups in total. The van der Waals surface area contributed by atoms with Crippen molar-refractivity contribution in [2.75, 3.05) is 26.2 Å². The van der Waals surface area contributed by atoms with Gasteiger partial charge in [-0.2, -0.15) is 4.31 Å². The molecule has 1 fully saturated rings. The van der Waals surface area contributed by atoms with Crippen molar-refractivity contribution < 1.29 is 13.2 Å². The summed E-state index contributed by atoms with van der Waals surface area (Å²) < 4.78 is 26.6. The molecule has 0 spiro atoms. The summed E-state index contributed by atoms with van der Waals surface area (Å²) in [5.41, 5.74) is 3.21. The van der Waals surface area contributed by atoms with Gasteiger partial charge in [-0.25, -0.2) is 8.42 Å². The van der Waals surface area contributed by atoms with Crippen LogP contribution in [0.5, 0.6) is 0 Å². The Morgan fingerprint density at radius 3 is 2.36 bits per heavy atom. The Labute approximate surface area is 196 Å². The average molecular weight is 466 g/mol. The van der Waals surface area contributed by atoms with E-state index in [1.807, 2.05) is 30.9 Å². The van der Waals surface area contributed by atoms with Crippen LogP contribution in [0.15, 0.2) is 65.6 Å². The maximum Gasteiger partial charge on any atom is 0.246 e. The molecule has 1 aromatic heterocycles. The minimum Gasteiger partial charge on any atom is -0.358 e. The fourth-order valence-electron chi connectivity index (χ4n) is 4.46. The Bertz CT molecular complexity index is 1200. The molecule has 0 aliphatic carbocycles. The van der Waals surface area contributed by atoms with Gasteiger partial charge in [0.05, 0.1) is 4.90 Å². The molecular weight excluding hydrogens is 434 g/mol. The van der Waals surface area contributed by atoms with E-state index in [-0.39, 0.29) is 10.8 Å². The van der Waals surface area contributed by atoms with Crippen molar-refractivity contribution in [2.24, 2.45) is 0 Å². The van der Waals surface area contributed by atoms with Crippen LogP contribution in [0.1, 0.15) is 43.9 Å². The first kappa shape index (κ1) is 23.3. The number of fused-ring (bicyclic) bond motifs is 1. The number of hydrogen-bond acceptors (Lipinski definition) is 3. The van der Waals surface area contributed by atoms with Crippen LogP contribution in [0.2, 0.25) is 0 Å². The highest BCUT2D eigenvalue weighted by atomic mass is 32.2. The molecule has 1 saturated heterocycles. The lowest BCUT2D eigenvalue weighted by Crippen LogP contribution is -2.36. The molecule has 2 heterocycles. The van der Waals surface area contributed by atoms with Crippen LogP contribution in [0.25, 0.3) is 17.0 Å². The molecule has 33 heavy (non-hydrogen) atoms. The van der Waals surface area contributed by atoms with Crippen molar-refractivity contribution in [1.29, 1.82) is 0 Å². The van der Waals surface area contributed by atoms with Crippen LogP contribution >= 0.6 is 0 Å². The Kier molecular flexibility index (Phi) is 7.00. The Balaban J connectivity index is 1.34. The van der Waals surface area contributed by atoms with Gasteiger partial charge in [-0.15, -0.1) is 0 Å². The molecule has 4 rings (SSSR count). The quantitative estimate of drug-likeness (QED) is 0.518. The molecule has 1 amide bonds. The van der Waals surface area contributed by atoms with E-state index in [4.69, 9.17) is 0 Å². The summed E-state index contributed by atoms with van der Waals surface area (Å²) in [4.78, 5) is 18.4. The van der Waals surface area contributed by atoms with Gasteiger partial charge in [0.1, 0.15) is 0 Å². The Morgan fingerprint density at radius 2 is 1.73 bits per heavy atom. The summed E-state index contributed by atoms with van der Waals surface area (Å²) >= 11 is 0. The summed E-state index contributed by atoms with van der Waals surface area (Å²) in [6.45, 7) is 5.98. The summed E-state index contributed by atoms with van der Waals surface area (Å²) in [5.74, 6) is 0.427. The first-order chi connectivity index (χ1) is 15.9. The second-order valence-electron chi connectivity index (χ2n) is 8.40. The van der Waals surface area contributed by atoms with E-state index in [1.54, 1.807) is 36.4 Å². The minimum absolute atomic E-state index is 0.00932. The zero-order valence-corrected chi connectivity index (χ0v) is 20.0. The predicted octanol–water partition coefficient (Wildman–Crippen LogP) is 4.62. The van der Waals surface area contributed by atoms with Crippen LogP contribution < -0.4 is 0 Å². The lowest BCUT2D eigenvalue weighted by molar-refractivity contribution is -0.126. The summed E-state index contributed by atoms with van der Waals surface area (Å²) in [6.07, 6.45) is 5.20. The number of aromatic amines is 1. The van der Waals surface area contributed by atoms with Gasteiger partial charge in [0.25, 0.3) is 0 Å². The number of piperidine rings is 1. The molecule has 0 unspecified atom stereocenters. The third kappa shape index (κ3) is 5.04. The van der Waals surface area contributed by atoms with E-state index >= 15 is 0 Å². The maximum atomic E-state index is 12.7. The highest BCUT2D eigenvalue weighted by Crippen LogP contribution is 2.30. The van der Waals surface area contributed by atoms with Crippen molar-refractivity contribution in [3.8, 4) is 0 Å². The molecular formula is C26H31N3O3S. The zero-order valence-electron chi connectivity index (χ0n) is 19.2. The normalized spacial score (nSPS) is 15.7. The topological polar surface area (TPSA) is 73.5 Å². The predicted molar refractivity (Wildman–Crippen MR) is 132 cm³/mol. The lowest BCUT2D eigenvalue weighted by atomic mass is 9.93. The van der Waals surface area contributed by atoms with Crippen LogP contribution in [-0.4, -0.2) is 54.7 Å². The number of H-pyrrole nitrogens is 1. The molecule has 7 heteroatoms. The van der Waals surface area contributed by atoms with Crippen LogP contribution in [-0.2, 0) is 14.8 Å². The molecule has 0 bridgehead atoms. The number of amides is 1. The molecule has 1 aliphatic rings. The number of carbonyl (C=O) groups excluding carboxylic acids is 1. The van der Waals surface area contributed by atoms with E-state index in [2.05, 4.69) is 23.2 Å². The molecule has 3 aromatic rings. The number of nitrogens with zero attached hydrogens (tertiary/aromatic N) is 2. The number of nitrogens with one attached hydrogen (secondary N) is 1. The molecule has 0 atom stereocenters. The standard InChI is InChI=1S/C26H31N3O3S/c1-3-29(4-2)33(31,32)23-12-9-20(10-13-23)11-14-26(30)28-17-15-21(16-18-28)25-19-22-7-5-6-8-24(22)27-25/h5-14,19,21,27H,3-4,15-18H2,1-2H3. The number of hydrogen-bond donors (Lipinski definition) is 1. The molecule has 6 nitrogen and oxygen atoms in total. The van der Waals surface area contributed by atoms with Crippen molar-refractivity contribution >= 4 is 32.9 Å². The third-order valence-electron chi connectivity index (χ3n) is 6.44. The van der Waals surface area contributed by atoms with Gasteiger partial charge in [0.15, 0.2) is 0 Å². The second kappa shape index (κ2) is 9.93. The number of rotatable bonds is 7. The third-order valence-corrected chi connectivity index (χ3v) is 8.50. The van der Waals surface area contributed by atoms with Gasteiger partial charge in [-0.3, -0.25) is 4.79 Å². The monoisotopic (exact) mass is 465 g/mol. The lowest BCUT2D eigenvalue weighted by Gasteiger charge is -2.31. The first-order valence-corrected chi connectivity index (χ1v) is 13.0. The highest BCUT2D eigenvalue weighted by Gasteiger charge is 2.24. The number of sulfonamides is 1. The molecule has 2 aromatic carbocycles. The molecule has 1 aliphatic heterocycles. The van der Waals surface area contributed by atoms with Gasteiger partial charge < -0.3 is 9.88 Å². The fourth-order valence-corrected chi connectivity index (χ4v) is 5.92. The van der Waals surface area contributed by atoms with Gasteiger partial charge in [-0.1, -0.05) is 44.2 Å². The molecule has 174 valence electrons. The van der Waals surface area contributed by atoms with Crippen LogP contribution in [0, 0.1) is 0 Å². The second-order valence-corrected chi connectivity index (χ2v) is 10.3. The van der Waals surface area contributed by atoms with Gasteiger partial charge >= 0.3 is 0 Å². The molecule has 0 saturated carbocycles. The Hall–Kier alpha value is -2.90. The van der Waals surface area contributed by atoms with E-state index in [0.717, 1.165) is 37.0 Å². The molecule has 0 radical (unpaired) electrons. The minimum atomic E-state index is -3.47. The summed E-state index contributed by atoms with van der Waals surface area (Å²) in [7, 11) is -3.47. The first-order valence-electron chi connectivity index (χ1n) is 11.6. The zero-order chi connectivity index (χ0) is 23.4. The SMILES string of the molecule is CCN(CC)S(=O)(=O)c1ccc(C=CC(=O)N2CCC(c3cc4ccccc4[nH]3)CC2)cc1. The number of carbonyl (C=O) groups is 1. The smallest absolute Gasteiger partial charge is 0.246 e. The number of aromatic nitrogens is 1. The van der Waals surface area contributed by atoms with Crippen molar-refractivity contribution in [1.82, 2.24) is 14.2 Å². The van der Waals surface area contributed by atoms with Crippen LogP contribution in [0.3, 0.4) is 0 Å².